The van der Waals surface area contributed by atoms with Gasteiger partial charge in [0.1, 0.15) is 5.82 Å². The molecule has 0 amide bonds. The Hall–Kier alpha value is -1.86. The van der Waals surface area contributed by atoms with Crippen LogP contribution in [0.3, 0.4) is 0 Å². The van der Waals surface area contributed by atoms with Gasteiger partial charge in [-0.05, 0) is 36.6 Å². The molecular formula is C15H15FN2S. The van der Waals surface area contributed by atoms with Gasteiger partial charge in [0.05, 0.1) is 17.3 Å². The Labute approximate surface area is 116 Å². The van der Waals surface area contributed by atoms with E-state index in [1.165, 1.54) is 10.9 Å². The third-order valence-electron chi connectivity index (χ3n) is 3.19. The van der Waals surface area contributed by atoms with E-state index < -0.39 is 0 Å². The summed E-state index contributed by atoms with van der Waals surface area (Å²) in [7, 11) is 1.88. The molecule has 0 saturated carbocycles. The summed E-state index contributed by atoms with van der Waals surface area (Å²) in [6.45, 7) is 2.07. The predicted octanol–water partition coefficient (Wildman–Crippen LogP) is 3.83. The normalized spacial score (nSPS) is 11.9. The molecule has 0 saturated heterocycles. The summed E-state index contributed by atoms with van der Waals surface area (Å²) < 4.78 is 13.9. The van der Waals surface area contributed by atoms with Gasteiger partial charge >= 0.3 is 0 Å². The highest BCUT2D eigenvalue weighted by Crippen LogP contribution is 2.23. The molecule has 2 rings (SSSR count). The fourth-order valence-electron chi connectivity index (χ4n) is 1.96. The molecule has 0 aliphatic heterocycles. The van der Waals surface area contributed by atoms with Crippen LogP contribution in [0, 0.1) is 17.1 Å². The van der Waals surface area contributed by atoms with Crippen molar-refractivity contribution in [2.75, 3.05) is 11.9 Å². The number of likely N-dealkylation sites (N-methyl/N-ethyl adjacent to an activating group) is 1. The molecule has 1 unspecified atom stereocenters. The van der Waals surface area contributed by atoms with Crippen LogP contribution in [-0.4, -0.2) is 13.1 Å². The zero-order valence-electron chi connectivity index (χ0n) is 10.9. The van der Waals surface area contributed by atoms with Crippen LogP contribution in [0.5, 0.6) is 0 Å². The van der Waals surface area contributed by atoms with Crippen LogP contribution >= 0.6 is 11.3 Å². The van der Waals surface area contributed by atoms with Gasteiger partial charge in [-0.15, -0.1) is 11.3 Å². The first kappa shape index (κ1) is 13.6. The van der Waals surface area contributed by atoms with E-state index in [1.54, 1.807) is 23.5 Å². The smallest absolute Gasteiger partial charge is 0.147 e. The van der Waals surface area contributed by atoms with Gasteiger partial charge < -0.3 is 4.90 Å². The molecule has 0 bridgehead atoms. The van der Waals surface area contributed by atoms with Gasteiger partial charge in [0.25, 0.3) is 0 Å². The van der Waals surface area contributed by atoms with Gasteiger partial charge in [0.2, 0.25) is 0 Å². The first-order valence-electron chi connectivity index (χ1n) is 6.06. The average molecular weight is 274 g/mol. The van der Waals surface area contributed by atoms with E-state index in [2.05, 4.69) is 13.0 Å². The number of hydrogen-bond acceptors (Lipinski definition) is 3. The van der Waals surface area contributed by atoms with E-state index in [0.29, 0.717) is 11.3 Å². The van der Waals surface area contributed by atoms with E-state index >= 15 is 0 Å². The fraction of sp³-hybridized carbons (Fsp3) is 0.267. The summed E-state index contributed by atoms with van der Waals surface area (Å²) >= 11 is 1.71. The molecule has 0 N–H and O–H groups in total. The Morgan fingerprint density at radius 3 is 2.79 bits per heavy atom. The molecule has 19 heavy (non-hydrogen) atoms. The minimum atomic E-state index is -0.348. The molecule has 0 aliphatic rings. The number of nitrogens with zero attached hydrogens (tertiary/aromatic N) is 2. The molecule has 0 fully saturated rings. The maximum atomic E-state index is 13.9. The molecule has 1 aromatic carbocycles. The lowest BCUT2D eigenvalue weighted by Crippen LogP contribution is -2.31. The Bertz CT molecular complexity index is 587. The molecule has 4 heteroatoms. The number of halogens is 1. The van der Waals surface area contributed by atoms with Crippen molar-refractivity contribution in [3.63, 3.8) is 0 Å². The molecule has 1 atom stereocenters. The number of hydrogen-bond donors (Lipinski definition) is 0. The molecule has 98 valence electrons. The lowest BCUT2D eigenvalue weighted by molar-refractivity contribution is 0.604. The molecule has 0 spiro atoms. The summed E-state index contributed by atoms with van der Waals surface area (Å²) in [6.07, 6.45) is 0.883. The third-order valence-corrected chi connectivity index (χ3v) is 4.09. The fourth-order valence-corrected chi connectivity index (χ4v) is 2.78. The topological polar surface area (TPSA) is 27.0 Å². The SMILES string of the molecule is CC(Cc1cccs1)N(C)c1ccc(C#N)cc1F. The van der Waals surface area contributed by atoms with Gasteiger partial charge in [-0.2, -0.15) is 5.26 Å². The summed E-state index contributed by atoms with van der Waals surface area (Å²) in [4.78, 5) is 3.20. The van der Waals surface area contributed by atoms with Gasteiger partial charge in [0.15, 0.2) is 0 Å². The Kier molecular flexibility index (Phi) is 4.18. The second kappa shape index (κ2) is 5.85. The summed E-state index contributed by atoms with van der Waals surface area (Å²) in [5.74, 6) is -0.348. The summed E-state index contributed by atoms with van der Waals surface area (Å²) in [5, 5.41) is 10.8. The van der Waals surface area contributed by atoms with Crippen LogP contribution in [0.15, 0.2) is 35.7 Å². The quantitative estimate of drug-likeness (QED) is 0.847. The van der Waals surface area contributed by atoms with Crippen LogP contribution in [-0.2, 0) is 6.42 Å². The summed E-state index contributed by atoms with van der Waals surface area (Å²) in [6, 6.07) is 10.8. The highest BCUT2D eigenvalue weighted by atomic mass is 32.1. The van der Waals surface area contributed by atoms with Crippen molar-refractivity contribution in [3.8, 4) is 6.07 Å². The van der Waals surface area contributed by atoms with E-state index in [0.717, 1.165) is 6.42 Å². The van der Waals surface area contributed by atoms with Crippen molar-refractivity contribution >= 4 is 17.0 Å². The Morgan fingerprint density at radius 2 is 2.21 bits per heavy atom. The van der Waals surface area contributed by atoms with E-state index in [4.69, 9.17) is 5.26 Å². The van der Waals surface area contributed by atoms with E-state index in [9.17, 15) is 4.39 Å². The number of benzene rings is 1. The molecule has 1 aromatic heterocycles. The van der Waals surface area contributed by atoms with Gasteiger partial charge in [-0.3, -0.25) is 0 Å². The summed E-state index contributed by atoms with van der Waals surface area (Å²) in [5.41, 5.74) is 0.878. The maximum absolute atomic E-state index is 13.9. The number of thiophene rings is 1. The van der Waals surface area contributed by atoms with Crippen molar-refractivity contribution in [3.05, 3.63) is 52.0 Å². The van der Waals surface area contributed by atoms with Crippen LogP contribution in [0.2, 0.25) is 0 Å². The Morgan fingerprint density at radius 1 is 1.42 bits per heavy atom. The standard InChI is InChI=1S/C15H15FN2S/c1-11(8-13-4-3-7-19-13)18(2)15-6-5-12(10-17)9-14(15)16/h3-7,9,11H,8H2,1-2H3. The van der Waals surface area contributed by atoms with E-state index in [-0.39, 0.29) is 11.9 Å². The van der Waals surface area contributed by atoms with Crippen molar-refractivity contribution in [2.45, 2.75) is 19.4 Å². The molecule has 2 aromatic rings. The molecular weight excluding hydrogens is 259 g/mol. The zero-order valence-corrected chi connectivity index (χ0v) is 11.7. The van der Waals surface area contributed by atoms with Crippen LogP contribution in [0.4, 0.5) is 10.1 Å². The van der Waals surface area contributed by atoms with Gasteiger partial charge in [-0.25, -0.2) is 4.39 Å². The monoisotopic (exact) mass is 274 g/mol. The largest absolute Gasteiger partial charge is 0.369 e. The number of anilines is 1. The zero-order chi connectivity index (χ0) is 13.8. The molecule has 2 nitrogen and oxygen atoms in total. The van der Waals surface area contributed by atoms with Crippen LogP contribution < -0.4 is 4.90 Å². The first-order chi connectivity index (χ1) is 9.11. The molecule has 0 aliphatic carbocycles. The number of nitriles is 1. The third kappa shape index (κ3) is 3.12. The second-order valence-electron chi connectivity index (χ2n) is 4.52. The molecule has 1 heterocycles. The minimum absolute atomic E-state index is 0.195. The first-order valence-corrected chi connectivity index (χ1v) is 6.94. The minimum Gasteiger partial charge on any atom is -0.369 e. The van der Waals surface area contributed by atoms with Gasteiger partial charge in [0, 0.05) is 24.4 Å². The second-order valence-corrected chi connectivity index (χ2v) is 5.55. The van der Waals surface area contributed by atoms with E-state index in [1.807, 2.05) is 29.5 Å². The van der Waals surface area contributed by atoms with Crippen LogP contribution in [0.1, 0.15) is 17.4 Å². The highest BCUT2D eigenvalue weighted by molar-refractivity contribution is 7.09. The maximum Gasteiger partial charge on any atom is 0.147 e. The highest BCUT2D eigenvalue weighted by Gasteiger charge is 2.15. The van der Waals surface area contributed by atoms with Gasteiger partial charge in [-0.1, -0.05) is 6.07 Å². The van der Waals surface area contributed by atoms with Crippen molar-refractivity contribution in [1.82, 2.24) is 0 Å². The van der Waals surface area contributed by atoms with Crippen molar-refractivity contribution < 1.29 is 4.39 Å². The lowest BCUT2D eigenvalue weighted by atomic mass is 10.1. The molecule has 0 radical (unpaired) electrons. The average Bonchev–Trinajstić information content (AvgIpc) is 2.90. The lowest BCUT2D eigenvalue weighted by Gasteiger charge is -2.27. The number of rotatable bonds is 4. The Balaban J connectivity index is 2.15. The predicted molar refractivity (Wildman–Crippen MR) is 77.0 cm³/mol. The van der Waals surface area contributed by atoms with Crippen LogP contribution in [0.25, 0.3) is 0 Å². The van der Waals surface area contributed by atoms with Crippen molar-refractivity contribution in [2.24, 2.45) is 0 Å². The van der Waals surface area contributed by atoms with Crippen molar-refractivity contribution in [1.29, 1.82) is 5.26 Å².